The summed E-state index contributed by atoms with van der Waals surface area (Å²) in [5.74, 6) is -0.446. The van der Waals surface area contributed by atoms with E-state index in [1.807, 2.05) is 61.5 Å². The Hall–Kier alpha value is -3.28. The van der Waals surface area contributed by atoms with Gasteiger partial charge in [0, 0.05) is 0 Å². The van der Waals surface area contributed by atoms with Gasteiger partial charge < -0.3 is 10.1 Å². The van der Waals surface area contributed by atoms with Crippen LogP contribution in [0.1, 0.15) is 28.3 Å². The standard InChI is InChI=1S/C23H20F3NO2/c1-16-10-12-18(13-11-16)22(17-6-3-2-4-7-17)27-21(28)15-29-20-9-5-8-19(14-20)23(24,25)26/h2-14,22H,15H2,1H3,(H,27,28)/t22-/m0/s1. The van der Waals surface area contributed by atoms with Gasteiger partial charge in [0.2, 0.25) is 0 Å². The number of carbonyl (C=O) groups excluding carboxylic acids is 1. The van der Waals surface area contributed by atoms with Gasteiger partial charge in [-0.25, -0.2) is 0 Å². The number of rotatable bonds is 6. The topological polar surface area (TPSA) is 38.3 Å². The summed E-state index contributed by atoms with van der Waals surface area (Å²) in [6.07, 6.45) is -4.47. The Kier molecular flexibility index (Phi) is 6.22. The molecule has 0 saturated heterocycles. The number of hydrogen-bond acceptors (Lipinski definition) is 2. The van der Waals surface area contributed by atoms with E-state index in [1.54, 1.807) is 0 Å². The summed E-state index contributed by atoms with van der Waals surface area (Å²) >= 11 is 0. The maximum Gasteiger partial charge on any atom is 0.416 e. The van der Waals surface area contributed by atoms with Crippen molar-refractivity contribution >= 4 is 5.91 Å². The summed E-state index contributed by atoms with van der Waals surface area (Å²) in [5, 5.41) is 2.90. The van der Waals surface area contributed by atoms with Crippen molar-refractivity contribution in [3.63, 3.8) is 0 Å². The van der Waals surface area contributed by atoms with E-state index in [0.717, 1.165) is 28.8 Å². The van der Waals surface area contributed by atoms with E-state index in [1.165, 1.54) is 12.1 Å². The van der Waals surface area contributed by atoms with Gasteiger partial charge in [0.1, 0.15) is 5.75 Å². The van der Waals surface area contributed by atoms with E-state index in [9.17, 15) is 18.0 Å². The van der Waals surface area contributed by atoms with Crippen molar-refractivity contribution in [1.29, 1.82) is 0 Å². The molecule has 3 rings (SSSR count). The van der Waals surface area contributed by atoms with Crippen LogP contribution in [0.25, 0.3) is 0 Å². The van der Waals surface area contributed by atoms with Crippen molar-refractivity contribution < 1.29 is 22.7 Å². The van der Waals surface area contributed by atoms with Gasteiger partial charge in [-0.2, -0.15) is 13.2 Å². The second kappa shape index (κ2) is 8.82. The Morgan fingerprint density at radius 3 is 2.24 bits per heavy atom. The third kappa shape index (κ3) is 5.60. The van der Waals surface area contributed by atoms with E-state index in [2.05, 4.69) is 5.32 Å². The molecule has 29 heavy (non-hydrogen) atoms. The maximum atomic E-state index is 12.8. The minimum absolute atomic E-state index is 0.0124. The average Bonchev–Trinajstić information content (AvgIpc) is 2.71. The number of carbonyl (C=O) groups is 1. The van der Waals surface area contributed by atoms with Gasteiger partial charge in [-0.05, 0) is 36.2 Å². The quantitative estimate of drug-likeness (QED) is 0.611. The third-order valence-corrected chi connectivity index (χ3v) is 4.38. The highest BCUT2D eigenvalue weighted by molar-refractivity contribution is 5.78. The molecule has 0 heterocycles. The zero-order chi connectivity index (χ0) is 20.9. The first-order valence-corrected chi connectivity index (χ1v) is 9.04. The predicted octanol–water partition coefficient (Wildman–Crippen LogP) is 5.30. The lowest BCUT2D eigenvalue weighted by atomic mass is 9.98. The Labute approximate surface area is 167 Å². The summed E-state index contributed by atoms with van der Waals surface area (Å²) in [7, 11) is 0. The van der Waals surface area contributed by atoms with Crippen molar-refractivity contribution in [3.05, 3.63) is 101 Å². The summed E-state index contributed by atoms with van der Waals surface area (Å²) < 4.78 is 43.7. The van der Waals surface area contributed by atoms with E-state index < -0.39 is 30.3 Å². The molecule has 3 aromatic carbocycles. The second-order valence-corrected chi connectivity index (χ2v) is 6.64. The van der Waals surface area contributed by atoms with Gasteiger partial charge >= 0.3 is 6.18 Å². The molecule has 0 aliphatic carbocycles. The molecule has 0 radical (unpaired) electrons. The van der Waals surface area contributed by atoms with Crippen molar-refractivity contribution in [2.75, 3.05) is 6.61 Å². The second-order valence-electron chi connectivity index (χ2n) is 6.64. The Bertz CT molecular complexity index is 954. The largest absolute Gasteiger partial charge is 0.484 e. The summed E-state index contributed by atoms with van der Waals surface area (Å²) in [6, 6.07) is 21.3. The molecule has 0 aliphatic rings. The molecule has 3 nitrogen and oxygen atoms in total. The first kappa shape index (κ1) is 20.5. The van der Waals surface area contributed by atoms with Crippen LogP contribution >= 0.6 is 0 Å². The molecule has 3 aromatic rings. The van der Waals surface area contributed by atoms with Crippen LogP contribution in [0.5, 0.6) is 5.75 Å². The molecule has 150 valence electrons. The van der Waals surface area contributed by atoms with Crippen LogP contribution in [0.3, 0.4) is 0 Å². The summed E-state index contributed by atoms with van der Waals surface area (Å²) in [6.45, 7) is 1.58. The molecule has 0 fully saturated rings. The predicted molar refractivity (Wildman–Crippen MR) is 105 cm³/mol. The van der Waals surface area contributed by atoms with Crippen molar-refractivity contribution in [2.45, 2.75) is 19.1 Å². The molecule has 0 bridgehead atoms. The summed E-state index contributed by atoms with van der Waals surface area (Å²) in [5.41, 5.74) is 2.06. The van der Waals surface area contributed by atoms with Crippen LogP contribution in [-0.4, -0.2) is 12.5 Å². The van der Waals surface area contributed by atoms with Crippen molar-refractivity contribution in [2.24, 2.45) is 0 Å². The Morgan fingerprint density at radius 1 is 0.931 bits per heavy atom. The fourth-order valence-electron chi connectivity index (χ4n) is 2.88. The zero-order valence-electron chi connectivity index (χ0n) is 15.7. The number of hydrogen-bond donors (Lipinski definition) is 1. The van der Waals surface area contributed by atoms with E-state index in [0.29, 0.717) is 0 Å². The molecule has 0 unspecified atom stereocenters. The van der Waals surface area contributed by atoms with E-state index in [4.69, 9.17) is 4.74 Å². The number of halogens is 3. The monoisotopic (exact) mass is 399 g/mol. The summed E-state index contributed by atoms with van der Waals surface area (Å²) in [4.78, 5) is 12.5. The molecule has 1 N–H and O–H groups in total. The highest BCUT2D eigenvalue weighted by atomic mass is 19.4. The number of alkyl halides is 3. The molecule has 1 atom stereocenters. The van der Waals surface area contributed by atoms with Crippen LogP contribution < -0.4 is 10.1 Å². The van der Waals surface area contributed by atoms with Crippen LogP contribution in [0.4, 0.5) is 13.2 Å². The van der Waals surface area contributed by atoms with Crippen LogP contribution in [-0.2, 0) is 11.0 Å². The number of benzene rings is 3. The van der Waals surface area contributed by atoms with Crippen LogP contribution in [0.15, 0.2) is 78.9 Å². The Balaban J connectivity index is 1.71. The molecular weight excluding hydrogens is 379 g/mol. The lowest BCUT2D eigenvalue weighted by Crippen LogP contribution is -2.33. The highest BCUT2D eigenvalue weighted by Gasteiger charge is 2.30. The van der Waals surface area contributed by atoms with E-state index in [-0.39, 0.29) is 5.75 Å². The average molecular weight is 399 g/mol. The minimum Gasteiger partial charge on any atom is -0.484 e. The lowest BCUT2D eigenvalue weighted by Gasteiger charge is -2.20. The van der Waals surface area contributed by atoms with Gasteiger partial charge in [0.15, 0.2) is 6.61 Å². The first-order chi connectivity index (χ1) is 13.8. The van der Waals surface area contributed by atoms with E-state index >= 15 is 0 Å². The fourth-order valence-corrected chi connectivity index (χ4v) is 2.88. The maximum absolute atomic E-state index is 12.8. The van der Waals surface area contributed by atoms with Gasteiger partial charge in [-0.1, -0.05) is 66.2 Å². The van der Waals surface area contributed by atoms with Crippen LogP contribution in [0.2, 0.25) is 0 Å². The van der Waals surface area contributed by atoms with Gasteiger partial charge in [-0.15, -0.1) is 0 Å². The smallest absolute Gasteiger partial charge is 0.416 e. The fraction of sp³-hybridized carbons (Fsp3) is 0.174. The molecule has 0 aromatic heterocycles. The zero-order valence-corrected chi connectivity index (χ0v) is 15.7. The molecule has 1 amide bonds. The van der Waals surface area contributed by atoms with Crippen LogP contribution in [0, 0.1) is 6.92 Å². The number of ether oxygens (including phenoxy) is 1. The van der Waals surface area contributed by atoms with Gasteiger partial charge in [0.25, 0.3) is 5.91 Å². The molecule has 0 spiro atoms. The third-order valence-electron chi connectivity index (χ3n) is 4.38. The van der Waals surface area contributed by atoms with Crippen molar-refractivity contribution in [1.82, 2.24) is 5.32 Å². The number of nitrogens with one attached hydrogen (secondary N) is 1. The molecular formula is C23H20F3NO2. The molecule has 6 heteroatoms. The number of aryl methyl sites for hydroxylation is 1. The SMILES string of the molecule is Cc1ccc([C@@H](NC(=O)COc2cccc(C(F)(F)F)c2)c2ccccc2)cc1. The minimum atomic E-state index is -4.47. The normalized spacial score (nSPS) is 12.3. The molecule has 0 saturated carbocycles. The lowest BCUT2D eigenvalue weighted by molar-refractivity contribution is -0.137. The highest BCUT2D eigenvalue weighted by Crippen LogP contribution is 2.31. The molecule has 0 aliphatic heterocycles. The van der Waals surface area contributed by atoms with Crippen molar-refractivity contribution in [3.8, 4) is 5.75 Å². The number of amides is 1. The van der Waals surface area contributed by atoms with Gasteiger partial charge in [0.05, 0.1) is 11.6 Å². The van der Waals surface area contributed by atoms with Gasteiger partial charge in [-0.3, -0.25) is 4.79 Å². The first-order valence-electron chi connectivity index (χ1n) is 9.04. The Morgan fingerprint density at radius 2 is 1.59 bits per heavy atom.